The number of benzene rings is 2. The van der Waals surface area contributed by atoms with E-state index in [0.29, 0.717) is 21.7 Å². The molecule has 1 atom stereocenters. The van der Waals surface area contributed by atoms with Crippen molar-refractivity contribution in [3.05, 3.63) is 70.2 Å². The van der Waals surface area contributed by atoms with Crippen molar-refractivity contribution in [3.8, 4) is 6.07 Å². The minimum absolute atomic E-state index is 0.0284. The van der Waals surface area contributed by atoms with Crippen LogP contribution in [-0.4, -0.2) is 17.9 Å². The number of carbonyl (C=O) groups is 2. The van der Waals surface area contributed by atoms with Crippen LogP contribution in [0, 0.1) is 11.3 Å². The van der Waals surface area contributed by atoms with Gasteiger partial charge in [0.15, 0.2) is 0 Å². The van der Waals surface area contributed by atoms with Crippen molar-refractivity contribution in [1.82, 2.24) is 5.32 Å². The fourth-order valence-corrected chi connectivity index (χ4v) is 2.21. The normalized spacial score (nSPS) is 11.2. The van der Waals surface area contributed by atoms with Gasteiger partial charge in [-0.05, 0) is 36.8 Å². The molecule has 0 bridgehead atoms. The zero-order valence-corrected chi connectivity index (χ0v) is 13.7. The number of nitrogens with one attached hydrogen (secondary N) is 1. The lowest BCUT2D eigenvalue weighted by Crippen LogP contribution is -2.39. The molecule has 1 amide bonds. The number of esters is 1. The summed E-state index contributed by atoms with van der Waals surface area (Å²) in [6, 6.07) is 14.5. The molecule has 0 aromatic heterocycles. The molecule has 0 aliphatic carbocycles. The molecule has 0 saturated carbocycles. The monoisotopic (exact) mass is 342 g/mol. The zero-order chi connectivity index (χ0) is 17.5. The first-order valence-corrected chi connectivity index (χ1v) is 7.60. The Kier molecular flexibility index (Phi) is 5.94. The molecule has 0 fully saturated rings. The molecule has 2 aromatic carbocycles. The van der Waals surface area contributed by atoms with Crippen LogP contribution in [0.2, 0.25) is 5.02 Å². The van der Waals surface area contributed by atoms with Gasteiger partial charge in [0.25, 0.3) is 5.91 Å². The fraction of sp³-hybridized carbons (Fsp3) is 0.167. The van der Waals surface area contributed by atoms with Crippen LogP contribution in [0.3, 0.4) is 0 Å². The SMILES string of the molecule is C[C@H](NC(=O)c1ccccc1Cl)C(=O)OCc1cccc(C#N)c1. The summed E-state index contributed by atoms with van der Waals surface area (Å²) in [5, 5.41) is 11.7. The van der Waals surface area contributed by atoms with Crippen molar-refractivity contribution in [2.24, 2.45) is 0 Å². The van der Waals surface area contributed by atoms with E-state index in [1.54, 1.807) is 48.5 Å². The van der Waals surface area contributed by atoms with E-state index in [1.165, 1.54) is 6.92 Å². The second kappa shape index (κ2) is 8.14. The molecule has 0 unspecified atom stereocenters. The van der Waals surface area contributed by atoms with Gasteiger partial charge in [-0.1, -0.05) is 35.9 Å². The van der Waals surface area contributed by atoms with Gasteiger partial charge >= 0.3 is 5.97 Å². The number of hydrogen-bond acceptors (Lipinski definition) is 4. The summed E-state index contributed by atoms with van der Waals surface area (Å²) in [7, 11) is 0. The quantitative estimate of drug-likeness (QED) is 0.847. The molecule has 0 heterocycles. The topological polar surface area (TPSA) is 79.2 Å². The maximum Gasteiger partial charge on any atom is 0.328 e. The fourth-order valence-electron chi connectivity index (χ4n) is 1.99. The smallest absolute Gasteiger partial charge is 0.328 e. The Balaban J connectivity index is 1.91. The first-order valence-electron chi connectivity index (χ1n) is 7.22. The second-order valence-electron chi connectivity index (χ2n) is 5.09. The van der Waals surface area contributed by atoms with Gasteiger partial charge in [0.05, 0.1) is 22.2 Å². The van der Waals surface area contributed by atoms with Crippen LogP contribution in [0.1, 0.15) is 28.4 Å². The molecule has 1 N–H and O–H groups in total. The van der Waals surface area contributed by atoms with Gasteiger partial charge in [0.2, 0.25) is 0 Å². The molecular formula is C18H15ClN2O3. The number of rotatable bonds is 5. The van der Waals surface area contributed by atoms with E-state index in [2.05, 4.69) is 5.32 Å². The largest absolute Gasteiger partial charge is 0.459 e. The van der Waals surface area contributed by atoms with Crippen LogP contribution in [0.5, 0.6) is 0 Å². The van der Waals surface area contributed by atoms with E-state index < -0.39 is 17.9 Å². The second-order valence-corrected chi connectivity index (χ2v) is 5.50. The van der Waals surface area contributed by atoms with Crippen LogP contribution in [-0.2, 0) is 16.1 Å². The minimum Gasteiger partial charge on any atom is -0.459 e. The Bertz CT molecular complexity index is 799. The Labute approximate surface area is 144 Å². The van der Waals surface area contributed by atoms with Gasteiger partial charge in [0, 0.05) is 0 Å². The standard InChI is InChI=1S/C18H15ClN2O3/c1-12(21-17(22)15-7-2-3-8-16(15)19)18(23)24-11-14-6-4-5-13(9-14)10-20/h2-9,12H,11H2,1H3,(H,21,22)/t12-/m0/s1. The molecule has 0 saturated heterocycles. The number of amides is 1. The summed E-state index contributed by atoms with van der Waals surface area (Å²) in [5.74, 6) is -1.02. The van der Waals surface area contributed by atoms with Crippen LogP contribution in [0.25, 0.3) is 0 Å². The Morgan fingerprint density at radius 1 is 1.25 bits per heavy atom. The predicted molar refractivity (Wildman–Crippen MR) is 89.3 cm³/mol. The molecule has 0 aliphatic rings. The maximum atomic E-state index is 12.1. The van der Waals surface area contributed by atoms with Gasteiger partial charge in [-0.2, -0.15) is 5.26 Å². The predicted octanol–water partition coefficient (Wildman–Crippen LogP) is 3.07. The lowest BCUT2D eigenvalue weighted by atomic mass is 10.1. The number of halogens is 1. The molecule has 0 aliphatic heterocycles. The molecule has 6 heteroatoms. The summed E-state index contributed by atoms with van der Waals surface area (Å²) < 4.78 is 5.16. The third-order valence-corrected chi connectivity index (χ3v) is 3.59. The van der Waals surface area contributed by atoms with Crippen LogP contribution >= 0.6 is 11.6 Å². The third-order valence-electron chi connectivity index (χ3n) is 3.26. The molecular weight excluding hydrogens is 328 g/mol. The lowest BCUT2D eigenvalue weighted by molar-refractivity contribution is -0.146. The zero-order valence-electron chi connectivity index (χ0n) is 13.0. The Morgan fingerprint density at radius 3 is 2.71 bits per heavy atom. The summed E-state index contributed by atoms with van der Waals surface area (Å²) in [4.78, 5) is 24.1. The molecule has 2 aromatic rings. The summed E-state index contributed by atoms with van der Waals surface area (Å²) in [6.45, 7) is 1.56. The molecule has 0 spiro atoms. The molecule has 0 radical (unpaired) electrons. The average molecular weight is 343 g/mol. The highest BCUT2D eigenvalue weighted by molar-refractivity contribution is 6.33. The number of ether oxygens (including phenoxy) is 1. The van der Waals surface area contributed by atoms with Gasteiger partial charge in [0.1, 0.15) is 12.6 Å². The maximum absolute atomic E-state index is 12.1. The van der Waals surface area contributed by atoms with Crippen molar-refractivity contribution in [2.45, 2.75) is 19.6 Å². The van der Waals surface area contributed by atoms with Gasteiger partial charge in [-0.25, -0.2) is 4.79 Å². The molecule has 122 valence electrons. The van der Waals surface area contributed by atoms with E-state index in [-0.39, 0.29) is 6.61 Å². The Hall–Kier alpha value is -2.84. The number of nitrogens with zero attached hydrogens (tertiary/aromatic N) is 1. The third kappa shape index (κ3) is 4.58. The minimum atomic E-state index is -0.826. The summed E-state index contributed by atoms with van der Waals surface area (Å²) in [5.41, 5.74) is 1.48. The van der Waals surface area contributed by atoms with E-state index in [1.807, 2.05) is 6.07 Å². The number of carbonyl (C=O) groups excluding carboxylic acids is 2. The van der Waals surface area contributed by atoms with E-state index in [4.69, 9.17) is 21.6 Å². The number of hydrogen-bond donors (Lipinski definition) is 1. The first kappa shape index (κ1) is 17.5. The van der Waals surface area contributed by atoms with Crippen LogP contribution in [0.15, 0.2) is 48.5 Å². The number of nitriles is 1. The Morgan fingerprint density at radius 2 is 2.00 bits per heavy atom. The molecule has 24 heavy (non-hydrogen) atoms. The average Bonchev–Trinajstić information content (AvgIpc) is 2.60. The van der Waals surface area contributed by atoms with Gasteiger partial charge < -0.3 is 10.1 Å². The van der Waals surface area contributed by atoms with E-state index in [9.17, 15) is 9.59 Å². The van der Waals surface area contributed by atoms with Gasteiger partial charge in [-0.15, -0.1) is 0 Å². The van der Waals surface area contributed by atoms with Crippen molar-refractivity contribution in [1.29, 1.82) is 5.26 Å². The molecule has 2 rings (SSSR count). The van der Waals surface area contributed by atoms with Crippen LogP contribution < -0.4 is 5.32 Å². The van der Waals surface area contributed by atoms with Crippen molar-refractivity contribution in [2.75, 3.05) is 0 Å². The summed E-state index contributed by atoms with van der Waals surface area (Å²) >= 11 is 5.95. The summed E-state index contributed by atoms with van der Waals surface area (Å²) in [6.07, 6.45) is 0. The highest BCUT2D eigenvalue weighted by Crippen LogP contribution is 2.14. The van der Waals surface area contributed by atoms with Gasteiger partial charge in [-0.3, -0.25) is 4.79 Å². The van der Waals surface area contributed by atoms with Crippen molar-refractivity contribution in [3.63, 3.8) is 0 Å². The van der Waals surface area contributed by atoms with Crippen LogP contribution in [0.4, 0.5) is 0 Å². The highest BCUT2D eigenvalue weighted by atomic mass is 35.5. The van der Waals surface area contributed by atoms with E-state index >= 15 is 0 Å². The van der Waals surface area contributed by atoms with E-state index in [0.717, 1.165) is 0 Å². The van der Waals surface area contributed by atoms with Crippen molar-refractivity contribution >= 4 is 23.5 Å². The molecule has 5 nitrogen and oxygen atoms in total. The lowest BCUT2D eigenvalue weighted by Gasteiger charge is -2.14. The highest BCUT2D eigenvalue weighted by Gasteiger charge is 2.19. The first-order chi connectivity index (χ1) is 11.5. The van der Waals surface area contributed by atoms with Crippen molar-refractivity contribution < 1.29 is 14.3 Å².